The van der Waals surface area contributed by atoms with Gasteiger partial charge in [-0.2, -0.15) is 0 Å². The molecule has 2 N–H and O–H groups in total. The van der Waals surface area contributed by atoms with E-state index < -0.39 is 0 Å². The normalized spacial score (nSPS) is 12.5. The molecule has 0 saturated carbocycles. The van der Waals surface area contributed by atoms with E-state index in [4.69, 9.17) is 0 Å². The summed E-state index contributed by atoms with van der Waals surface area (Å²) in [4.78, 5) is 4.37. The fraction of sp³-hybridized carbons (Fsp3) is 0.400. The number of benzene rings is 1. The van der Waals surface area contributed by atoms with Crippen molar-refractivity contribution in [3.63, 3.8) is 0 Å². The number of hydrogen-bond donors (Lipinski definition) is 2. The van der Waals surface area contributed by atoms with Crippen LogP contribution in [0.2, 0.25) is 0 Å². The summed E-state index contributed by atoms with van der Waals surface area (Å²) in [5.74, 6) is 1.35. The van der Waals surface area contributed by atoms with Crippen LogP contribution < -0.4 is 5.32 Å². The van der Waals surface area contributed by atoms with Crippen molar-refractivity contribution in [2.75, 3.05) is 0 Å². The summed E-state index contributed by atoms with van der Waals surface area (Å²) >= 11 is 0. The van der Waals surface area contributed by atoms with Crippen LogP contribution in [-0.2, 0) is 13.1 Å². The van der Waals surface area contributed by atoms with Crippen LogP contribution >= 0.6 is 0 Å². The molecule has 1 heterocycles. The van der Waals surface area contributed by atoms with Gasteiger partial charge in [-0.1, -0.05) is 19.1 Å². The lowest BCUT2D eigenvalue weighted by molar-refractivity contribution is 0.471. The Labute approximate surface area is 114 Å². The van der Waals surface area contributed by atoms with Crippen LogP contribution in [0.5, 0.6) is 5.75 Å². The van der Waals surface area contributed by atoms with Crippen molar-refractivity contribution in [1.82, 2.24) is 14.9 Å². The van der Waals surface area contributed by atoms with E-state index in [0.717, 1.165) is 30.9 Å². The maximum Gasteiger partial charge on any atom is 0.122 e. The van der Waals surface area contributed by atoms with Crippen molar-refractivity contribution in [3.8, 4) is 5.75 Å². The molecule has 1 aromatic carbocycles. The molecular weight excluding hydrogens is 238 g/mol. The molecule has 0 aliphatic carbocycles. The summed E-state index contributed by atoms with van der Waals surface area (Å²) in [5.41, 5.74) is 1.08. The third-order valence-electron chi connectivity index (χ3n) is 3.20. The Hall–Kier alpha value is -1.81. The van der Waals surface area contributed by atoms with Gasteiger partial charge in [-0.15, -0.1) is 0 Å². The summed E-state index contributed by atoms with van der Waals surface area (Å²) in [5, 5.41) is 12.9. The van der Waals surface area contributed by atoms with Gasteiger partial charge in [0.15, 0.2) is 0 Å². The summed E-state index contributed by atoms with van der Waals surface area (Å²) in [6.45, 7) is 5.97. The van der Waals surface area contributed by atoms with Crippen LogP contribution in [0.15, 0.2) is 36.7 Å². The summed E-state index contributed by atoms with van der Waals surface area (Å²) < 4.78 is 2.17. The molecule has 102 valence electrons. The number of phenols is 1. The molecule has 0 fully saturated rings. The number of aryl methyl sites for hydroxylation is 1. The second-order valence-electron chi connectivity index (χ2n) is 4.73. The number of phenolic OH excluding ortho intramolecular Hbond substituents is 1. The number of imidazole rings is 1. The van der Waals surface area contributed by atoms with E-state index in [-0.39, 0.29) is 6.04 Å². The van der Waals surface area contributed by atoms with E-state index in [9.17, 15) is 5.11 Å². The fourth-order valence-electron chi connectivity index (χ4n) is 2.11. The molecule has 1 atom stereocenters. The number of hydrogen-bond acceptors (Lipinski definition) is 3. The molecular formula is C15H21N3O. The van der Waals surface area contributed by atoms with Crippen LogP contribution in [0, 0.1) is 0 Å². The van der Waals surface area contributed by atoms with Gasteiger partial charge in [-0.25, -0.2) is 4.98 Å². The van der Waals surface area contributed by atoms with Crippen molar-refractivity contribution in [2.24, 2.45) is 0 Å². The molecule has 2 aromatic rings. The quantitative estimate of drug-likeness (QED) is 0.838. The molecule has 4 heteroatoms. The van der Waals surface area contributed by atoms with Gasteiger partial charge in [-0.3, -0.25) is 0 Å². The number of aromatic nitrogens is 2. The van der Waals surface area contributed by atoms with Crippen LogP contribution in [0.25, 0.3) is 0 Å². The van der Waals surface area contributed by atoms with E-state index in [1.54, 1.807) is 12.1 Å². The van der Waals surface area contributed by atoms with Crippen LogP contribution in [-0.4, -0.2) is 14.7 Å². The smallest absolute Gasteiger partial charge is 0.122 e. The van der Waals surface area contributed by atoms with Gasteiger partial charge in [0, 0.05) is 25.0 Å². The maximum atomic E-state index is 9.48. The average molecular weight is 259 g/mol. The Kier molecular flexibility index (Phi) is 4.58. The first kappa shape index (κ1) is 13.6. The summed E-state index contributed by atoms with van der Waals surface area (Å²) in [6, 6.07) is 7.52. The average Bonchev–Trinajstić information content (AvgIpc) is 2.84. The van der Waals surface area contributed by atoms with Gasteiger partial charge in [0.2, 0.25) is 0 Å². The number of nitrogens with one attached hydrogen (secondary N) is 1. The Bertz CT molecular complexity index is 522. The SMILES string of the molecule is CCCn1ccnc1CNC(C)c1cccc(O)c1. The van der Waals surface area contributed by atoms with Gasteiger partial charge in [0.1, 0.15) is 11.6 Å². The lowest BCUT2D eigenvalue weighted by Gasteiger charge is -2.15. The minimum Gasteiger partial charge on any atom is -0.508 e. The van der Waals surface area contributed by atoms with Gasteiger partial charge < -0.3 is 15.0 Å². The zero-order valence-corrected chi connectivity index (χ0v) is 11.5. The Morgan fingerprint density at radius 2 is 2.26 bits per heavy atom. The molecule has 0 radical (unpaired) electrons. The van der Waals surface area contributed by atoms with E-state index >= 15 is 0 Å². The predicted octanol–water partition coefficient (Wildman–Crippen LogP) is 2.85. The van der Waals surface area contributed by atoms with Gasteiger partial charge >= 0.3 is 0 Å². The molecule has 0 saturated heterocycles. The molecule has 0 aliphatic rings. The van der Waals surface area contributed by atoms with E-state index in [1.165, 1.54) is 0 Å². The Morgan fingerprint density at radius 3 is 3.00 bits per heavy atom. The van der Waals surface area contributed by atoms with Crippen molar-refractivity contribution in [2.45, 2.75) is 39.4 Å². The third kappa shape index (κ3) is 3.58. The molecule has 0 amide bonds. The molecule has 19 heavy (non-hydrogen) atoms. The van der Waals surface area contributed by atoms with E-state index in [1.807, 2.05) is 24.5 Å². The first-order valence-electron chi connectivity index (χ1n) is 6.73. The minimum atomic E-state index is 0.180. The standard InChI is InChI=1S/C15H21N3O/c1-3-8-18-9-7-16-15(18)11-17-12(2)13-5-4-6-14(19)10-13/h4-7,9-10,12,17,19H,3,8,11H2,1-2H3. The lowest BCUT2D eigenvalue weighted by atomic mass is 10.1. The minimum absolute atomic E-state index is 0.180. The monoisotopic (exact) mass is 259 g/mol. The first-order valence-corrected chi connectivity index (χ1v) is 6.73. The predicted molar refractivity (Wildman–Crippen MR) is 75.9 cm³/mol. The molecule has 0 bridgehead atoms. The van der Waals surface area contributed by atoms with Gasteiger partial charge in [-0.05, 0) is 31.0 Å². The van der Waals surface area contributed by atoms with Crippen molar-refractivity contribution in [3.05, 3.63) is 48.0 Å². The fourth-order valence-corrected chi connectivity index (χ4v) is 2.11. The Balaban J connectivity index is 1.96. The van der Waals surface area contributed by atoms with Gasteiger partial charge in [0.25, 0.3) is 0 Å². The van der Waals surface area contributed by atoms with Crippen LogP contribution in [0.1, 0.15) is 37.7 Å². The summed E-state index contributed by atoms with van der Waals surface area (Å²) in [7, 11) is 0. The highest BCUT2D eigenvalue weighted by Gasteiger charge is 2.07. The summed E-state index contributed by atoms with van der Waals surface area (Å²) in [6.07, 6.45) is 4.96. The molecule has 2 rings (SSSR count). The van der Waals surface area contributed by atoms with Crippen molar-refractivity contribution < 1.29 is 5.11 Å². The van der Waals surface area contributed by atoms with Crippen LogP contribution in [0.3, 0.4) is 0 Å². The lowest BCUT2D eigenvalue weighted by Crippen LogP contribution is -2.20. The number of aromatic hydroxyl groups is 1. The molecule has 0 aliphatic heterocycles. The van der Waals surface area contributed by atoms with E-state index in [0.29, 0.717) is 5.75 Å². The highest BCUT2D eigenvalue weighted by molar-refractivity contribution is 5.29. The first-order chi connectivity index (χ1) is 9.20. The Morgan fingerprint density at radius 1 is 1.42 bits per heavy atom. The van der Waals surface area contributed by atoms with Crippen molar-refractivity contribution >= 4 is 0 Å². The highest BCUT2D eigenvalue weighted by atomic mass is 16.3. The van der Waals surface area contributed by atoms with Crippen LogP contribution in [0.4, 0.5) is 0 Å². The number of rotatable bonds is 6. The largest absolute Gasteiger partial charge is 0.508 e. The van der Waals surface area contributed by atoms with E-state index in [2.05, 4.69) is 28.7 Å². The zero-order chi connectivity index (χ0) is 13.7. The molecule has 1 unspecified atom stereocenters. The van der Waals surface area contributed by atoms with Crippen molar-refractivity contribution in [1.29, 1.82) is 0 Å². The molecule has 0 spiro atoms. The highest BCUT2D eigenvalue weighted by Crippen LogP contribution is 2.18. The maximum absolute atomic E-state index is 9.48. The topological polar surface area (TPSA) is 50.1 Å². The second-order valence-corrected chi connectivity index (χ2v) is 4.73. The number of nitrogens with zero attached hydrogens (tertiary/aromatic N) is 2. The molecule has 4 nitrogen and oxygen atoms in total. The third-order valence-corrected chi connectivity index (χ3v) is 3.20. The second kappa shape index (κ2) is 6.38. The van der Waals surface area contributed by atoms with Gasteiger partial charge in [0.05, 0.1) is 6.54 Å². The zero-order valence-electron chi connectivity index (χ0n) is 11.5. The molecule has 1 aromatic heterocycles.